The zero-order valence-corrected chi connectivity index (χ0v) is 36.4. The van der Waals surface area contributed by atoms with Crippen LogP contribution in [0.25, 0.3) is 0 Å². The fourth-order valence-electron chi connectivity index (χ4n) is 5.36. The molecule has 0 spiro atoms. The van der Waals surface area contributed by atoms with Gasteiger partial charge in [0.2, 0.25) is 0 Å². The second-order valence-corrected chi connectivity index (χ2v) is 13.7. The molecule has 0 aromatic heterocycles. The molecule has 5 N–H and O–H groups in total. The Hall–Kier alpha value is -5.86. The maximum atomic E-state index is 12.8. The van der Waals surface area contributed by atoms with Crippen molar-refractivity contribution in [1.29, 1.82) is 0 Å². The highest BCUT2D eigenvalue weighted by Gasteiger charge is 2.45. The second-order valence-electron chi connectivity index (χ2n) is 13.2. The molecule has 0 saturated carbocycles. The van der Waals surface area contributed by atoms with Gasteiger partial charge in [0.05, 0.1) is 24.9 Å². The highest BCUT2D eigenvalue weighted by molar-refractivity contribution is 7.89. The zero-order valence-electron chi connectivity index (χ0n) is 35.6. The van der Waals surface area contributed by atoms with E-state index in [1.54, 1.807) is 6.92 Å². The molecule has 12 nitrogen and oxygen atoms in total. The van der Waals surface area contributed by atoms with E-state index in [9.17, 15) is 30.5 Å². The van der Waals surface area contributed by atoms with Gasteiger partial charge in [-0.3, -0.25) is 14.0 Å². The Morgan fingerprint density at radius 2 is 1.10 bits per heavy atom. The SMILES string of the molecule is CC#CC#CC#CC#CC#CC#CC#CC#CC#CC#CC#CC#CC(=O)N[C@@H](COC1OC(C)C(O)C(OSOO[O-])C1O)[C@H](O)[C@H](O)CCCCCCCCCCCCCC. The first-order valence-corrected chi connectivity index (χ1v) is 20.9. The lowest BCUT2D eigenvalue weighted by Gasteiger charge is -2.41. The number of amides is 1. The normalized spacial score (nSPS) is 17.5. The third-order valence-electron chi connectivity index (χ3n) is 8.52. The summed E-state index contributed by atoms with van der Waals surface area (Å²) in [7, 11) is 0. The Labute approximate surface area is 377 Å². The first-order valence-electron chi connectivity index (χ1n) is 20.3. The summed E-state index contributed by atoms with van der Waals surface area (Å²) in [6.45, 7) is 4.92. The predicted molar refractivity (Wildman–Crippen MR) is 236 cm³/mol. The van der Waals surface area contributed by atoms with Crippen LogP contribution in [-0.2, 0) is 27.8 Å². The number of nitrogens with one attached hydrogen (secondary N) is 1. The number of carbonyl (C=O) groups excluding carboxylic acids is 1. The molecule has 63 heavy (non-hydrogen) atoms. The van der Waals surface area contributed by atoms with E-state index >= 15 is 0 Å². The van der Waals surface area contributed by atoms with Crippen molar-refractivity contribution in [3.63, 3.8) is 0 Å². The maximum absolute atomic E-state index is 12.8. The Balaban J connectivity index is 2.81. The van der Waals surface area contributed by atoms with Crippen molar-refractivity contribution >= 4 is 18.2 Å². The Morgan fingerprint density at radius 1 is 0.667 bits per heavy atom. The van der Waals surface area contributed by atoms with Crippen molar-refractivity contribution in [1.82, 2.24) is 5.32 Å². The van der Waals surface area contributed by atoms with Gasteiger partial charge in [0.25, 0.3) is 5.91 Å². The van der Waals surface area contributed by atoms with Crippen LogP contribution in [0.2, 0.25) is 0 Å². The average Bonchev–Trinajstić information content (AvgIpc) is 3.28. The van der Waals surface area contributed by atoms with E-state index in [1.165, 1.54) is 51.9 Å². The van der Waals surface area contributed by atoms with Crippen molar-refractivity contribution in [2.75, 3.05) is 6.61 Å². The molecule has 0 aliphatic carbocycles. The van der Waals surface area contributed by atoms with Gasteiger partial charge in [0.15, 0.2) is 18.6 Å². The Bertz CT molecular complexity index is 2210. The summed E-state index contributed by atoms with van der Waals surface area (Å²) in [5.41, 5.74) is 0. The largest absolute Gasteiger partial charge is 0.691 e. The van der Waals surface area contributed by atoms with Gasteiger partial charge >= 0.3 is 0 Å². The summed E-state index contributed by atoms with van der Waals surface area (Å²) in [6.07, 6.45) is 4.54. The third kappa shape index (κ3) is 29.1. The smallest absolute Gasteiger partial charge is 0.297 e. The number of aliphatic hydroxyl groups excluding tert-OH is 4. The average molecular weight is 873 g/mol. The van der Waals surface area contributed by atoms with E-state index < -0.39 is 61.5 Å². The maximum Gasteiger partial charge on any atom is 0.297 e. The van der Waals surface area contributed by atoms with Crippen LogP contribution in [-0.4, -0.2) is 81.9 Å². The molecule has 0 aromatic rings. The number of aliphatic hydroxyl groups is 4. The molecular formula is C50H50NO11S-. The van der Waals surface area contributed by atoms with E-state index in [0.717, 1.165) is 25.7 Å². The van der Waals surface area contributed by atoms with Gasteiger partial charge in [0.1, 0.15) is 24.4 Å². The van der Waals surface area contributed by atoms with Crippen LogP contribution < -0.4 is 10.6 Å². The van der Waals surface area contributed by atoms with Gasteiger partial charge in [-0.05, 0) is 115 Å². The second kappa shape index (κ2) is 39.0. The predicted octanol–water partition coefficient (Wildman–Crippen LogP) is 2.00. The summed E-state index contributed by atoms with van der Waals surface area (Å²) < 4.78 is 20.5. The molecule has 1 fully saturated rings. The summed E-state index contributed by atoms with van der Waals surface area (Å²) in [5, 5.41) is 59.1. The summed E-state index contributed by atoms with van der Waals surface area (Å²) in [4.78, 5) is 12.8. The van der Waals surface area contributed by atoms with E-state index in [-0.39, 0.29) is 18.7 Å². The van der Waals surface area contributed by atoms with Crippen molar-refractivity contribution < 1.29 is 53.5 Å². The third-order valence-corrected chi connectivity index (χ3v) is 8.93. The number of unbranched alkanes of at least 4 members (excludes halogenated alkanes) is 11. The van der Waals surface area contributed by atoms with Crippen LogP contribution in [0.15, 0.2) is 0 Å². The standard InChI is InChI=1S/C50H51NO11S/c1-4-6-8-10-12-14-16-18-19-20-21-22-23-24-25-26-27-28-30-32-34-36-38-40-45(53)51-43(41-58-50-48(56)49(60-63-62-61-57)46(54)42(3)59-50)47(55)44(52)39-37-35-33-31-29-17-15-13-11-9-7-5-2/h42-44,46-50,52,54-57H,5,7,9,11,13,15,17,29,31,33,35,37,39,41H2,1-3H3,(H,51,53)/p-1/t42?,43-,44+,46?,47-,48?,49?,50?/m0/s1. The molecule has 1 aliphatic rings. The van der Waals surface area contributed by atoms with Crippen molar-refractivity contribution in [2.24, 2.45) is 0 Å². The number of ether oxygens (including phenoxy) is 2. The number of carbonyl (C=O) groups is 1. The van der Waals surface area contributed by atoms with Crippen LogP contribution in [0.4, 0.5) is 0 Å². The molecule has 328 valence electrons. The van der Waals surface area contributed by atoms with Gasteiger partial charge in [-0.1, -0.05) is 89.9 Å². The van der Waals surface area contributed by atoms with Crippen LogP contribution in [0.5, 0.6) is 0 Å². The van der Waals surface area contributed by atoms with Gasteiger partial charge in [-0.25, -0.2) is 0 Å². The van der Waals surface area contributed by atoms with Gasteiger partial charge < -0.3 is 40.5 Å². The molecule has 1 amide bonds. The van der Waals surface area contributed by atoms with Crippen LogP contribution in [0, 0.1) is 142 Å². The molecule has 1 rings (SSSR count). The summed E-state index contributed by atoms with van der Waals surface area (Å²) >= 11 is 0.0928. The molecule has 13 heteroatoms. The van der Waals surface area contributed by atoms with Crippen molar-refractivity contribution in [3.8, 4) is 142 Å². The molecular weight excluding hydrogens is 823 g/mol. The highest BCUT2D eigenvalue weighted by atomic mass is 32.2. The summed E-state index contributed by atoms with van der Waals surface area (Å²) in [6, 6.07) is -1.22. The highest BCUT2D eigenvalue weighted by Crippen LogP contribution is 2.27. The lowest BCUT2D eigenvalue weighted by molar-refractivity contribution is -0.777. The van der Waals surface area contributed by atoms with Crippen molar-refractivity contribution in [2.45, 2.75) is 153 Å². The Kier molecular flexibility index (Phi) is 34.2. The lowest BCUT2D eigenvalue weighted by Crippen LogP contribution is -2.59. The van der Waals surface area contributed by atoms with E-state index in [0.29, 0.717) is 6.42 Å². The fourth-order valence-corrected chi connectivity index (χ4v) is 5.73. The van der Waals surface area contributed by atoms with Crippen LogP contribution in [0.3, 0.4) is 0 Å². The molecule has 0 aromatic carbocycles. The molecule has 0 bridgehead atoms. The number of rotatable bonds is 23. The van der Waals surface area contributed by atoms with E-state index in [2.05, 4.69) is 164 Å². The molecule has 8 atom stereocenters. The zero-order chi connectivity index (χ0) is 46.0. The Morgan fingerprint density at radius 3 is 1.54 bits per heavy atom. The molecule has 1 aliphatic heterocycles. The molecule has 1 heterocycles. The van der Waals surface area contributed by atoms with Crippen LogP contribution in [0.1, 0.15) is 104 Å². The topological polar surface area (TPSA) is 179 Å². The number of hydrogen-bond acceptors (Lipinski definition) is 12. The van der Waals surface area contributed by atoms with Gasteiger partial charge in [-0.15, -0.1) is 4.33 Å². The molecule has 1 saturated heterocycles. The minimum Gasteiger partial charge on any atom is -0.691 e. The first kappa shape index (κ1) is 55.2. The summed E-state index contributed by atoms with van der Waals surface area (Å²) in [5.74, 6) is 58.5. The van der Waals surface area contributed by atoms with Gasteiger partial charge in [0, 0.05) is 41.4 Å². The minimum atomic E-state index is -1.61. The van der Waals surface area contributed by atoms with E-state index in [4.69, 9.17) is 13.7 Å². The van der Waals surface area contributed by atoms with Crippen molar-refractivity contribution in [3.05, 3.63) is 0 Å². The molecule has 0 radical (unpaired) electrons. The monoisotopic (exact) mass is 872 g/mol. The van der Waals surface area contributed by atoms with Gasteiger partial charge in [-0.2, -0.15) is 0 Å². The lowest BCUT2D eigenvalue weighted by atomic mass is 9.98. The molecule has 5 unspecified atom stereocenters. The van der Waals surface area contributed by atoms with Crippen LogP contribution >= 0.6 is 12.3 Å². The fraction of sp³-hybridized carbons (Fsp3) is 0.500. The first-order chi connectivity index (χ1) is 30.8. The number of hydrogen-bond donors (Lipinski definition) is 5. The van der Waals surface area contributed by atoms with E-state index in [1.807, 2.05) is 0 Å². The quantitative estimate of drug-likeness (QED) is 0.0332. The minimum absolute atomic E-state index is 0.0928.